The number of benzene rings is 1. The molecule has 2 atom stereocenters. The van der Waals surface area contributed by atoms with Crippen LogP contribution in [-0.4, -0.2) is 32.5 Å². The molecule has 20 heavy (non-hydrogen) atoms. The SMILES string of the molecule is COc1cc(OC)c(C(O)C(N)CC(C)C)cc1OC. The fourth-order valence-electron chi connectivity index (χ4n) is 2.19. The van der Waals surface area contributed by atoms with Gasteiger partial charge in [-0.2, -0.15) is 0 Å². The van der Waals surface area contributed by atoms with Gasteiger partial charge in [0.1, 0.15) is 5.75 Å². The Morgan fingerprint density at radius 2 is 1.50 bits per heavy atom. The Bertz CT molecular complexity index is 434. The lowest BCUT2D eigenvalue weighted by Crippen LogP contribution is -2.30. The molecule has 1 rings (SSSR count). The highest BCUT2D eigenvalue weighted by Gasteiger charge is 2.23. The van der Waals surface area contributed by atoms with Gasteiger partial charge in [-0.15, -0.1) is 0 Å². The molecule has 0 aromatic heterocycles. The number of nitrogens with two attached hydrogens (primary N) is 1. The van der Waals surface area contributed by atoms with Gasteiger partial charge in [-0.25, -0.2) is 0 Å². The molecule has 0 fully saturated rings. The predicted octanol–water partition coefficient (Wildman–Crippen LogP) is 2.12. The maximum Gasteiger partial charge on any atom is 0.164 e. The zero-order valence-corrected chi connectivity index (χ0v) is 12.8. The molecule has 0 aliphatic heterocycles. The van der Waals surface area contributed by atoms with E-state index in [1.165, 1.54) is 0 Å². The van der Waals surface area contributed by atoms with E-state index >= 15 is 0 Å². The first kappa shape index (κ1) is 16.6. The summed E-state index contributed by atoms with van der Waals surface area (Å²) in [6.07, 6.45) is -0.0919. The molecule has 2 unspecified atom stereocenters. The molecule has 0 saturated carbocycles. The Morgan fingerprint density at radius 1 is 1.00 bits per heavy atom. The Kier molecular flexibility index (Phi) is 6.10. The highest BCUT2D eigenvalue weighted by molar-refractivity contribution is 5.51. The van der Waals surface area contributed by atoms with E-state index in [2.05, 4.69) is 13.8 Å². The molecule has 3 N–H and O–H groups in total. The standard InChI is InChI=1S/C15H25NO4/c1-9(2)6-11(16)15(17)10-7-13(19-4)14(20-5)8-12(10)18-3/h7-9,11,15,17H,6,16H2,1-5H3. The van der Waals surface area contributed by atoms with Gasteiger partial charge in [-0.05, 0) is 18.4 Å². The highest BCUT2D eigenvalue weighted by Crippen LogP contribution is 2.38. The van der Waals surface area contributed by atoms with E-state index in [-0.39, 0.29) is 6.04 Å². The number of hydrogen-bond donors (Lipinski definition) is 2. The van der Waals surface area contributed by atoms with E-state index in [9.17, 15) is 5.11 Å². The van der Waals surface area contributed by atoms with Crippen LogP contribution in [0.1, 0.15) is 31.9 Å². The van der Waals surface area contributed by atoms with Crippen molar-refractivity contribution in [1.82, 2.24) is 0 Å². The van der Waals surface area contributed by atoms with Crippen molar-refractivity contribution < 1.29 is 19.3 Å². The molecule has 5 heteroatoms. The molecule has 114 valence electrons. The number of hydrogen-bond acceptors (Lipinski definition) is 5. The van der Waals surface area contributed by atoms with Crippen LogP contribution in [0, 0.1) is 5.92 Å². The van der Waals surface area contributed by atoms with Crippen molar-refractivity contribution in [3.63, 3.8) is 0 Å². The van der Waals surface area contributed by atoms with Crippen molar-refractivity contribution in [2.45, 2.75) is 32.4 Å². The first-order valence-electron chi connectivity index (χ1n) is 6.68. The Labute approximate surface area is 120 Å². The lowest BCUT2D eigenvalue weighted by Gasteiger charge is -2.23. The smallest absolute Gasteiger partial charge is 0.164 e. The third-order valence-corrected chi connectivity index (χ3v) is 3.20. The van der Waals surface area contributed by atoms with Crippen LogP contribution in [0.5, 0.6) is 17.2 Å². The maximum absolute atomic E-state index is 10.4. The molecule has 5 nitrogen and oxygen atoms in total. The van der Waals surface area contributed by atoms with Gasteiger partial charge in [-0.1, -0.05) is 13.8 Å². The van der Waals surface area contributed by atoms with E-state index in [4.69, 9.17) is 19.9 Å². The number of ether oxygens (including phenoxy) is 3. The molecule has 0 heterocycles. The zero-order valence-electron chi connectivity index (χ0n) is 12.8. The first-order valence-corrected chi connectivity index (χ1v) is 6.68. The lowest BCUT2D eigenvalue weighted by atomic mass is 9.94. The minimum absolute atomic E-state index is 0.359. The highest BCUT2D eigenvalue weighted by atomic mass is 16.5. The monoisotopic (exact) mass is 283 g/mol. The number of methoxy groups -OCH3 is 3. The van der Waals surface area contributed by atoms with Crippen LogP contribution >= 0.6 is 0 Å². The van der Waals surface area contributed by atoms with Gasteiger partial charge in [0, 0.05) is 17.7 Å². The lowest BCUT2D eigenvalue weighted by molar-refractivity contribution is 0.132. The van der Waals surface area contributed by atoms with E-state index in [0.717, 1.165) is 6.42 Å². The van der Waals surface area contributed by atoms with E-state index < -0.39 is 6.10 Å². The van der Waals surface area contributed by atoms with Crippen LogP contribution in [0.2, 0.25) is 0 Å². The number of aliphatic hydroxyl groups is 1. The molecule has 0 spiro atoms. The first-order chi connectivity index (χ1) is 9.44. The molecule has 0 saturated heterocycles. The van der Waals surface area contributed by atoms with Crippen molar-refractivity contribution in [2.24, 2.45) is 11.7 Å². The summed E-state index contributed by atoms with van der Waals surface area (Å²) < 4.78 is 15.8. The van der Waals surface area contributed by atoms with Crippen LogP contribution < -0.4 is 19.9 Å². The van der Waals surface area contributed by atoms with E-state index in [0.29, 0.717) is 28.7 Å². The van der Waals surface area contributed by atoms with E-state index in [1.54, 1.807) is 33.5 Å². The Morgan fingerprint density at radius 3 is 1.95 bits per heavy atom. The van der Waals surface area contributed by atoms with Crippen LogP contribution in [0.3, 0.4) is 0 Å². The van der Waals surface area contributed by atoms with Crippen molar-refractivity contribution >= 4 is 0 Å². The third kappa shape index (κ3) is 3.77. The maximum atomic E-state index is 10.4. The molecule has 1 aromatic carbocycles. The van der Waals surface area contributed by atoms with Crippen molar-refractivity contribution in [3.8, 4) is 17.2 Å². The molecule has 0 amide bonds. The summed E-state index contributed by atoms with van der Waals surface area (Å²) in [5.41, 5.74) is 6.67. The second-order valence-corrected chi connectivity index (χ2v) is 5.19. The van der Waals surface area contributed by atoms with Gasteiger partial charge in [0.25, 0.3) is 0 Å². The average Bonchev–Trinajstić information content (AvgIpc) is 2.44. The molecule has 0 aliphatic rings. The van der Waals surface area contributed by atoms with Gasteiger partial charge < -0.3 is 25.1 Å². The predicted molar refractivity (Wildman–Crippen MR) is 78.5 cm³/mol. The quantitative estimate of drug-likeness (QED) is 0.802. The van der Waals surface area contributed by atoms with Crippen molar-refractivity contribution in [2.75, 3.05) is 21.3 Å². The van der Waals surface area contributed by atoms with Crippen molar-refractivity contribution in [3.05, 3.63) is 17.7 Å². The summed E-state index contributed by atoms with van der Waals surface area (Å²) in [5.74, 6) is 2.04. The summed E-state index contributed by atoms with van der Waals surface area (Å²) in [7, 11) is 4.65. The van der Waals surface area contributed by atoms with Crippen LogP contribution in [0.25, 0.3) is 0 Å². The summed E-state index contributed by atoms with van der Waals surface area (Å²) in [6, 6.07) is 3.05. The van der Waals surface area contributed by atoms with Gasteiger partial charge in [-0.3, -0.25) is 0 Å². The minimum atomic E-state index is -0.813. The van der Waals surface area contributed by atoms with Gasteiger partial charge in [0.2, 0.25) is 0 Å². The summed E-state index contributed by atoms with van der Waals surface area (Å²) >= 11 is 0. The van der Waals surface area contributed by atoms with Gasteiger partial charge >= 0.3 is 0 Å². The fourth-order valence-corrected chi connectivity index (χ4v) is 2.19. The normalized spacial score (nSPS) is 14.0. The molecule has 0 aliphatic carbocycles. The fraction of sp³-hybridized carbons (Fsp3) is 0.600. The molecule has 0 radical (unpaired) electrons. The van der Waals surface area contributed by atoms with E-state index in [1.807, 2.05) is 0 Å². The molecule has 0 bridgehead atoms. The summed E-state index contributed by atoms with van der Waals surface area (Å²) in [4.78, 5) is 0. The third-order valence-electron chi connectivity index (χ3n) is 3.20. The van der Waals surface area contributed by atoms with Crippen LogP contribution in [0.4, 0.5) is 0 Å². The van der Waals surface area contributed by atoms with Crippen LogP contribution in [0.15, 0.2) is 12.1 Å². The van der Waals surface area contributed by atoms with Crippen molar-refractivity contribution in [1.29, 1.82) is 0 Å². The van der Waals surface area contributed by atoms with Crippen LogP contribution in [-0.2, 0) is 0 Å². The summed E-state index contributed by atoms with van der Waals surface area (Å²) in [6.45, 7) is 4.14. The number of rotatable bonds is 7. The van der Waals surface area contributed by atoms with Gasteiger partial charge in [0.05, 0.1) is 27.4 Å². The topological polar surface area (TPSA) is 73.9 Å². The molecule has 1 aromatic rings. The minimum Gasteiger partial charge on any atom is -0.496 e. The summed E-state index contributed by atoms with van der Waals surface area (Å²) in [5, 5.41) is 10.4. The second-order valence-electron chi connectivity index (χ2n) is 5.19. The zero-order chi connectivity index (χ0) is 15.3. The Hall–Kier alpha value is -1.46. The number of aliphatic hydroxyl groups excluding tert-OH is 1. The second kappa shape index (κ2) is 7.36. The van der Waals surface area contributed by atoms with Gasteiger partial charge in [0.15, 0.2) is 11.5 Å². The molecular weight excluding hydrogens is 258 g/mol. The largest absolute Gasteiger partial charge is 0.496 e. The Balaban J connectivity index is 3.14. The average molecular weight is 283 g/mol. The molecular formula is C15H25NO4.